The van der Waals surface area contributed by atoms with Gasteiger partial charge in [0.1, 0.15) is 0 Å². The molecule has 3 heteroatoms. The van der Waals surface area contributed by atoms with Gasteiger partial charge in [-0.05, 0) is 25.7 Å². The molecule has 76 valence electrons. The molecule has 0 radical (unpaired) electrons. The Balaban J connectivity index is 1.56. The maximum atomic E-state index is 8.71. The lowest BCUT2D eigenvalue weighted by molar-refractivity contribution is 0.0812. The highest BCUT2D eigenvalue weighted by atomic mass is 16.3. The molecule has 1 aliphatic heterocycles. The molecule has 2 rings (SSSR count). The highest BCUT2D eigenvalue weighted by Gasteiger charge is 2.29. The third-order valence-electron chi connectivity index (χ3n) is 3.09. The van der Waals surface area contributed by atoms with Crippen molar-refractivity contribution in [2.45, 2.75) is 37.8 Å². The Morgan fingerprint density at radius 3 is 2.69 bits per heavy atom. The first-order valence-electron chi connectivity index (χ1n) is 5.48. The lowest BCUT2D eigenvalue weighted by Crippen LogP contribution is -2.53. The van der Waals surface area contributed by atoms with Gasteiger partial charge in [0.2, 0.25) is 0 Å². The molecule has 1 heterocycles. The summed E-state index contributed by atoms with van der Waals surface area (Å²) in [4.78, 5) is 2.48. The molecule has 2 fully saturated rings. The second-order valence-corrected chi connectivity index (χ2v) is 4.24. The molecule has 1 saturated heterocycles. The smallest absolute Gasteiger partial charge is 0.0443 e. The van der Waals surface area contributed by atoms with Crippen molar-refractivity contribution in [3.8, 4) is 0 Å². The van der Waals surface area contributed by atoms with Crippen molar-refractivity contribution in [2.24, 2.45) is 0 Å². The fraction of sp³-hybridized carbons (Fsp3) is 1.00. The SMILES string of the molecule is OCCCN1CCC1CNC1CC1. The monoisotopic (exact) mass is 184 g/mol. The topological polar surface area (TPSA) is 35.5 Å². The van der Waals surface area contributed by atoms with Crippen LogP contribution in [0, 0.1) is 0 Å². The van der Waals surface area contributed by atoms with Gasteiger partial charge >= 0.3 is 0 Å². The van der Waals surface area contributed by atoms with Crippen LogP contribution in [0.5, 0.6) is 0 Å². The normalized spacial score (nSPS) is 28.8. The maximum absolute atomic E-state index is 8.71. The van der Waals surface area contributed by atoms with Gasteiger partial charge in [0.05, 0.1) is 0 Å². The van der Waals surface area contributed by atoms with E-state index < -0.39 is 0 Å². The molecule has 13 heavy (non-hydrogen) atoms. The van der Waals surface area contributed by atoms with Crippen LogP contribution in [0.4, 0.5) is 0 Å². The molecule has 2 aliphatic rings. The van der Waals surface area contributed by atoms with Gasteiger partial charge in [-0.15, -0.1) is 0 Å². The summed E-state index contributed by atoms with van der Waals surface area (Å²) < 4.78 is 0. The predicted octanol–water partition coefficient (Wildman–Crippen LogP) is 0.195. The molecular weight excluding hydrogens is 164 g/mol. The second-order valence-electron chi connectivity index (χ2n) is 4.24. The maximum Gasteiger partial charge on any atom is 0.0443 e. The van der Waals surface area contributed by atoms with E-state index in [1.54, 1.807) is 0 Å². The van der Waals surface area contributed by atoms with Crippen LogP contribution in [-0.2, 0) is 0 Å². The quantitative estimate of drug-likeness (QED) is 0.619. The summed E-state index contributed by atoms with van der Waals surface area (Å²) in [6.45, 7) is 3.81. The van der Waals surface area contributed by atoms with Crippen molar-refractivity contribution in [1.29, 1.82) is 0 Å². The summed E-state index contributed by atoms with van der Waals surface area (Å²) in [6.07, 6.45) is 5.03. The summed E-state index contributed by atoms with van der Waals surface area (Å²) in [5, 5.41) is 12.3. The summed E-state index contributed by atoms with van der Waals surface area (Å²) in [5.74, 6) is 0. The first-order valence-corrected chi connectivity index (χ1v) is 5.48. The Labute approximate surface area is 80.1 Å². The van der Waals surface area contributed by atoms with Crippen LogP contribution < -0.4 is 5.32 Å². The van der Waals surface area contributed by atoms with Crippen LogP contribution in [0.15, 0.2) is 0 Å². The molecule has 1 unspecified atom stereocenters. The number of aliphatic hydroxyl groups excluding tert-OH is 1. The molecule has 0 aromatic carbocycles. The standard InChI is InChI=1S/C10H20N2O/c13-7-1-5-12-6-4-10(12)8-11-9-2-3-9/h9-11,13H,1-8H2. The van der Waals surface area contributed by atoms with E-state index >= 15 is 0 Å². The van der Waals surface area contributed by atoms with Crippen LogP contribution >= 0.6 is 0 Å². The Hall–Kier alpha value is -0.120. The molecule has 0 bridgehead atoms. The molecule has 0 amide bonds. The van der Waals surface area contributed by atoms with Crippen molar-refractivity contribution in [3.05, 3.63) is 0 Å². The minimum absolute atomic E-state index is 0.333. The van der Waals surface area contributed by atoms with Gasteiger partial charge in [-0.3, -0.25) is 4.90 Å². The molecule has 0 aromatic heterocycles. The zero-order chi connectivity index (χ0) is 9.10. The van der Waals surface area contributed by atoms with Gasteiger partial charge in [-0.25, -0.2) is 0 Å². The van der Waals surface area contributed by atoms with Gasteiger partial charge in [0.15, 0.2) is 0 Å². The Morgan fingerprint density at radius 2 is 2.15 bits per heavy atom. The van der Waals surface area contributed by atoms with Crippen LogP contribution in [-0.4, -0.2) is 48.3 Å². The van der Waals surface area contributed by atoms with Gasteiger partial charge in [-0.2, -0.15) is 0 Å². The van der Waals surface area contributed by atoms with Gasteiger partial charge in [0.25, 0.3) is 0 Å². The summed E-state index contributed by atoms with van der Waals surface area (Å²) in [7, 11) is 0. The Morgan fingerprint density at radius 1 is 1.31 bits per heavy atom. The Kier molecular flexibility index (Phi) is 3.19. The molecule has 0 spiro atoms. The van der Waals surface area contributed by atoms with Gasteiger partial charge in [0, 0.05) is 38.3 Å². The van der Waals surface area contributed by atoms with Crippen LogP contribution in [0.1, 0.15) is 25.7 Å². The lowest BCUT2D eigenvalue weighted by Gasteiger charge is -2.41. The van der Waals surface area contributed by atoms with Crippen molar-refractivity contribution < 1.29 is 5.11 Å². The molecule has 1 atom stereocenters. The largest absolute Gasteiger partial charge is 0.396 e. The second kappa shape index (κ2) is 4.40. The van der Waals surface area contributed by atoms with Crippen molar-refractivity contribution >= 4 is 0 Å². The van der Waals surface area contributed by atoms with E-state index in [0.717, 1.165) is 31.6 Å². The van der Waals surface area contributed by atoms with E-state index in [9.17, 15) is 0 Å². The van der Waals surface area contributed by atoms with Gasteiger partial charge in [-0.1, -0.05) is 0 Å². The number of nitrogens with one attached hydrogen (secondary N) is 1. The Bertz CT molecular complexity index is 159. The fourth-order valence-corrected chi connectivity index (χ4v) is 1.88. The van der Waals surface area contributed by atoms with E-state index in [4.69, 9.17) is 5.11 Å². The van der Waals surface area contributed by atoms with E-state index in [2.05, 4.69) is 10.2 Å². The zero-order valence-corrected chi connectivity index (χ0v) is 8.21. The highest BCUT2D eigenvalue weighted by Crippen LogP contribution is 2.21. The number of rotatable bonds is 6. The van der Waals surface area contributed by atoms with Crippen LogP contribution in [0.2, 0.25) is 0 Å². The number of hydrogen-bond acceptors (Lipinski definition) is 3. The number of hydrogen-bond donors (Lipinski definition) is 2. The summed E-state index contributed by atoms with van der Waals surface area (Å²) >= 11 is 0. The van der Waals surface area contributed by atoms with Gasteiger partial charge < -0.3 is 10.4 Å². The van der Waals surface area contributed by atoms with Crippen molar-refractivity contribution in [2.75, 3.05) is 26.2 Å². The van der Waals surface area contributed by atoms with E-state index in [1.165, 1.54) is 25.8 Å². The predicted molar refractivity (Wildman–Crippen MR) is 52.7 cm³/mol. The summed E-state index contributed by atoms with van der Waals surface area (Å²) in [5.41, 5.74) is 0. The van der Waals surface area contributed by atoms with Crippen LogP contribution in [0.25, 0.3) is 0 Å². The molecule has 3 nitrogen and oxygen atoms in total. The van der Waals surface area contributed by atoms with E-state index in [0.29, 0.717) is 6.61 Å². The van der Waals surface area contributed by atoms with Crippen molar-refractivity contribution in [1.82, 2.24) is 10.2 Å². The van der Waals surface area contributed by atoms with Crippen molar-refractivity contribution in [3.63, 3.8) is 0 Å². The average molecular weight is 184 g/mol. The molecular formula is C10H20N2O. The fourth-order valence-electron chi connectivity index (χ4n) is 1.88. The third-order valence-corrected chi connectivity index (χ3v) is 3.09. The molecule has 0 aromatic rings. The molecule has 2 N–H and O–H groups in total. The summed E-state index contributed by atoms with van der Waals surface area (Å²) in [6, 6.07) is 1.59. The van der Waals surface area contributed by atoms with Crippen LogP contribution in [0.3, 0.4) is 0 Å². The highest BCUT2D eigenvalue weighted by molar-refractivity contribution is 4.88. The lowest BCUT2D eigenvalue weighted by atomic mass is 10.0. The first-order chi connectivity index (χ1) is 6.40. The number of likely N-dealkylation sites (tertiary alicyclic amines) is 1. The zero-order valence-electron chi connectivity index (χ0n) is 8.21. The minimum atomic E-state index is 0.333. The van der Waals surface area contributed by atoms with E-state index in [-0.39, 0.29) is 0 Å². The molecule has 1 aliphatic carbocycles. The number of nitrogens with zero attached hydrogens (tertiary/aromatic N) is 1. The average Bonchev–Trinajstić information content (AvgIpc) is 2.87. The third kappa shape index (κ3) is 2.66. The van der Waals surface area contributed by atoms with E-state index in [1.807, 2.05) is 0 Å². The minimum Gasteiger partial charge on any atom is -0.396 e. The first kappa shape index (κ1) is 9.44. The number of aliphatic hydroxyl groups is 1. The molecule has 1 saturated carbocycles.